The quantitative estimate of drug-likeness (QED) is 0.854. The lowest BCUT2D eigenvalue weighted by atomic mass is 9.63. The molecule has 1 N–H and O–H groups in total. The molecule has 0 heterocycles. The van der Waals surface area contributed by atoms with Gasteiger partial charge in [0.15, 0.2) is 0 Å². The van der Waals surface area contributed by atoms with Crippen molar-refractivity contribution in [2.75, 3.05) is 6.61 Å². The topological polar surface area (TPSA) is 46.5 Å². The molecule has 122 valence electrons. The van der Waals surface area contributed by atoms with Crippen LogP contribution in [0, 0.1) is 6.92 Å². The van der Waals surface area contributed by atoms with Gasteiger partial charge in [0.05, 0.1) is 12.0 Å². The number of aryl methyl sites for hydroxylation is 1. The normalized spacial score (nSPS) is 22.4. The number of aliphatic hydroxyl groups excluding tert-OH is 1. The Morgan fingerprint density at radius 1 is 1.32 bits per heavy atom. The zero-order valence-electron chi connectivity index (χ0n) is 14.6. The second-order valence-corrected chi connectivity index (χ2v) is 12.8. The molecule has 1 atom stereocenters. The van der Waals surface area contributed by atoms with Crippen LogP contribution in [0.25, 0.3) is 0 Å². The second-order valence-electron chi connectivity index (χ2n) is 8.03. The van der Waals surface area contributed by atoms with Crippen molar-refractivity contribution in [3.05, 3.63) is 29.3 Å². The summed E-state index contributed by atoms with van der Waals surface area (Å²) in [6, 6.07) is 5.97. The van der Waals surface area contributed by atoms with Crippen molar-refractivity contribution in [2.24, 2.45) is 0 Å². The average Bonchev–Trinajstić information content (AvgIpc) is 2.38. The first-order chi connectivity index (χ1) is 10.0. The van der Waals surface area contributed by atoms with Gasteiger partial charge in [-0.25, -0.2) is 0 Å². The Bertz CT molecular complexity index is 582. The van der Waals surface area contributed by atoms with Crippen LogP contribution >= 0.6 is 0 Å². The van der Waals surface area contributed by atoms with Gasteiger partial charge in [0.2, 0.25) is 8.32 Å². The van der Waals surface area contributed by atoms with Crippen LogP contribution in [0.1, 0.15) is 44.7 Å². The molecule has 1 saturated carbocycles. The number of Topliss-reactive ketones (excluding diaryl/α,β-unsaturated/α-hetero) is 1. The predicted molar refractivity (Wildman–Crippen MR) is 92.0 cm³/mol. The molecule has 0 unspecified atom stereocenters. The average molecular weight is 321 g/mol. The summed E-state index contributed by atoms with van der Waals surface area (Å²) < 4.78 is 6.49. The zero-order valence-corrected chi connectivity index (χ0v) is 15.6. The van der Waals surface area contributed by atoms with Crippen molar-refractivity contribution >= 4 is 14.1 Å². The van der Waals surface area contributed by atoms with Gasteiger partial charge in [-0.05, 0) is 43.1 Å². The molecule has 4 heteroatoms. The molecule has 22 heavy (non-hydrogen) atoms. The molecular weight excluding hydrogens is 292 g/mol. The SMILES string of the molecule is Cc1ccc([C@]2(CO)CCC2=O)c(O[Si](C)(C)C(C)(C)C)c1. The Morgan fingerprint density at radius 2 is 1.95 bits per heavy atom. The Kier molecular flexibility index (Phi) is 4.30. The number of carbonyl (C=O) groups is 1. The van der Waals surface area contributed by atoms with Crippen LogP contribution in [0.4, 0.5) is 0 Å². The summed E-state index contributed by atoms with van der Waals surface area (Å²) in [6.45, 7) is 12.9. The largest absolute Gasteiger partial charge is 0.543 e. The summed E-state index contributed by atoms with van der Waals surface area (Å²) in [4.78, 5) is 12.2. The van der Waals surface area contributed by atoms with Crippen molar-refractivity contribution in [1.29, 1.82) is 0 Å². The molecule has 0 aliphatic heterocycles. The number of hydrogen-bond acceptors (Lipinski definition) is 3. The highest BCUT2D eigenvalue weighted by Gasteiger charge is 2.49. The van der Waals surface area contributed by atoms with Gasteiger partial charge in [-0.1, -0.05) is 32.9 Å². The van der Waals surface area contributed by atoms with E-state index in [0.717, 1.165) is 16.9 Å². The minimum Gasteiger partial charge on any atom is -0.543 e. The lowest BCUT2D eigenvalue weighted by Crippen LogP contribution is -2.49. The van der Waals surface area contributed by atoms with Crippen LogP contribution in [0.5, 0.6) is 5.75 Å². The zero-order chi connectivity index (χ0) is 16.8. The van der Waals surface area contributed by atoms with E-state index in [-0.39, 0.29) is 17.4 Å². The number of rotatable bonds is 4. The van der Waals surface area contributed by atoms with E-state index in [4.69, 9.17) is 4.43 Å². The standard InChI is InChI=1S/C18H28O3Si/c1-13-7-8-14(18(12-19)10-9-16(18)20)15(11-13)21-22(5,6)17(2,3)4/h7-8,11,19H,9-10,12H2,1-6H3/t18-/m1/s1. The third kappa shape index (κ3) is 2.74. The van der Waals surface area contributed by atoms with Gasteiger partial charge in [-0.3, -0.25) is 4.79 Å². The highest BCUT2D eigenvalue weighted by Crippen LogP contribution is 2.46. The van der Waals surface area contributed by atoms with Crippen LogP contribution in [-0.4, -0.2) is 25.8 Å². The third-order valence-corrected chi connectivity index (χ3v) is 9.75. The van der Waals surface area contributed by atoms with E-state index in [1.165, 1.54) is 0 Å². The van der Waals surface area contributed by atoms with E-state index in [2.05, 4.69) is 33.9 Å². The van der Waals surface area contributed by atoms with E-state index in [9.17, 15) is 9.90 Å². The van der Waals surface area contributed by atoms with Crippen molar-refractivity contribution in [1.82, 2.24) is 0 Å². The fourth-order valence-electron chi connectivity index (χ4n) is 2.60. The molecule has 3 nitrogen and oxygen atoms in total. The Balaban J connectivity index is 2.48. The molecule has 0 aromatic heterocycles. The lowest BCUT2D eigenvalue weighted by Gasteiger charge is -2.42. The van der Waals surface area contributed by atoms with Gasteiger partial charge in [0.1, 0.15) is 11.5 Å². The molecule has 2 rings (SSSR count). The van der Waals surface area contributed by atoms with Gasteiger partial charge in [0.25, 0.3) is 0 Å². The van der Waals surface area contributed by atoms with E-state index in [1.807, 2.05) is 25.1 Å². The summed E-state index contributed by atoms with van der Waals surface area (Å²) in [6.07, 6.45) is 1.26. The van der Waals surface area contributed by atoms with Crippen molar-refractivity contribution in [3.8, 4) is 5.75 Å². The highest BCUT2D eigenvalue weighted by molar-refractivity contribution is 6.74. The maximum Gasteiger partial charge on any atom is 0.250 e. The molecule has 1 aliphatic carbocycles. The van der Waals surface area contributed by atoms with Gasteiger partial charge in [0, 0.05) is 12.0 Å². The number of hydrogen-bond donors (Lipinski definition) is 1. The Hall–Kier alpha value is -1.13. The summed E-state index contributed by atoms with van der Waals surface area (Å²) in [5.74, 6) is 0.910. The molecule has 0 bridgehead atoms. The maximum absolute atomic E-state index is 12.2. The number of ketones is 1. The van der Waals surface area contributed by atoms with Crippen molar-refractivity contribution < 1.29 is 14.3 Å². The van der Waals surface area contributed by atoms with E-state index >= 15 is 0 Å². The fourth-order valence-corrected chi connectivity index (χ4v) is 3.63. The predicted octanol–water partition coefficient (Wildman–Crippen LogP) is 3.97. The summed E-state index contributed by atoms with van der Waals surface area (Å²) in [7, 11) is -2.00. The fraction of sp³-hybridized carbons (Fsp3) is 0.611. The summed E-state index contributed by atoms with van der Waals surface area (Å²) >= 11 is 0. The maximum atomic E-state index is 12.2. The lowest BCUT2D eigenvalue weighted by molar-refractivity contribution is -0.134. The minimum absolute atomic E-state index is 0.0873. The first kappa shape index (κ1) is 17.2. The Labute approximate surface area is 134 Å². The molecule has 1 aromatic carbocycles. The molecule has 1 aromatic rings. The summed E-state index contributed by atoms with van der Waals surface area (Å²) in [5, 5.41) is 9.93. The van der Waals surface area contributed by atoms with Crippen molar-refractivity contribution in [3.63, 3.8) is 0 Å². The highest BCUT2D eigenvalue weighted by atomic mass is 28.4. The second kappa shape index (κ2) is 5.50. The minimum atomic E-state index is -2.00. The summed E-state index contributed by atoms with van der Waals surface area (Å²) in [5.41, 5.74) is 1.23. The molecule has 0 amide bonds. The van der Waals surface area contributed by atoms with Gasteiger partial charge in [-0.2, -0.15) is 0 Å². The van der Waals surface area contributed by atoms with Crippen molar-refractivity contribution in [2.45, 2.75) is 64.1 Å². The Morgan fingerprint density at radius 3 is 2.36 bits per heavy atom. The van der Waals surface area contributed by atoms with Crippen LogP contribution in [0.2, 0.25) is 18.1 Å². The van der Waals surface area contributed by atoms with Crippen LogP contribution < -0.4 is 4.43 Å². The number of carbonyl (C=O) groups excluding carboxylic acids is 1. The van der Waals surface area contributed by atoms with Crippen LogP contribution in [0.3, 0.4) is 0 Å². The van der Waals surface area contributed by atoms with Gasteiger partial charge in [-0.15, -0.1) is 0 Å². The van der Waals surface area contributed by atoms with Crippen LogP contribution in [0.15, 0.2) is 18.2 Å². The molecule has 0 saturated heterocycles. The monoisotopic (exact) mass is 320 g/mol. The third-order valence-electron chi connectivity index (χ3n) is 5.41. The molecule has 1 aliphatic rings. The molecule has 0 radical (unpaired) electrons. The first-order valence-corrected chi connectivity index (χ1v) is 10.9. The molecule has 1 fully saturated rings. The molecular formula is C18H28O3Si. The number of benzene rings is 1. The van der Waals surface area contributed by atoms with E-state index in [0.29, 0.717) is 12.8 Å². The van der Waals surface area contributed by atoms with Gasteiger partial charge >= 0.3 is 0 Å². The van der Waals surface area contributed by atoms with Crippen LogP contribution in [-0.2, 0) is 10.2 Å². The van der Waals surface area contributed by atoms with Gasteiger partial charge < -0.3 is 9.53 Å². The molecule has 0 spiro atoms. The first-order valence-electron chi connectivity index (χ1n) is 7.98. The van der Waals surface area contributed by atoms with E-state index in [1.54, 1.807) is 0 Å². The van der Waals surface area contributed by atoms with E-state index < -0.39 is 13.7 Å². The smallest absolute Gasteiger partial charge is 0.250 e. The number of aliphatic hydroxyl groups is 1.